The second kappa shape index (κ2) is 5.53. The predicted molar refractivity (Wildman–Crippen MR) is 69.4 cm³/mol. The van der Waals surface area contributed by atoms with Crippen LogP contribution in [0.1, 0.15) is 5.56 Å². The number of rotatable bonds is 2. The summed E-state index contributed by atoms with van der Waals surface area (Å²) in [6, 6.07) is 7.58. The van der Waals surface area contributed by atoms with Crippen molar-refractivity contribution in [1.82, 2.24) is 9.80 Å². The summed E-state index contributed by atoms with van der Waals surface area (Å²) < 4.78 is 0. The van der Waals surface area contributed by atoms with E-state index in [1.165, 1.54) is 0 Å². The first-order valence-electron chi connectivity index (χ1n) is 6.01. The van der Waals surface area contributed by atoms with Gasteiger partial charge in [-0.25, -0.2) is 4.79 Å². The summed E-state index contributed by atoms with van der Waals surface area (Å²) >= 11 is 0. The maximum atomic E-state index is 12.0. The number of carbonyl (C=O) groups excluding carboxylic acids is 2. The third kappa shape index (κ3) is 3.00. The van der Waals surface area contributed by atoms with Crippen LogP contribution in [0.5, 0.6) is 0 Å². The van der Waals surface area contributed by atoms with Crippen molar-refractivity contribution in [3.05, 3.63) is 29.8 Å². The molecule has 0 atom stereocenters. The number of hydrogen-bond donors (Lipinski definition) is 1. The Balaban J connectivity index is 1.88. The molecule has 0 unspecified atom stereocenters. The van der Waals surface area contributed by atoms with Gasteiger partial charge >= 0.3 is 6.03 Å². The Morgan fingerprint density at radius 1 is 1.17 bits per heavy atom. The molecule has 1 aliphatic heterocycles. The fourth-order valence-electron chi connectivity index (χ4n) is 1.87. The monoisotopic (exact) mass is 247 g/mol. The molecule has 2 rings (SSSR count). The average Bonchev–Trinajstić information content (AvgIpc) is 2.41. The van der Waals surface area contributed by atoms with Crippen LogP contribution in [0.3, 0.4) is 0 Å². The van der Waals surface area contributed by atoms with Crippen molar-refractivity contribution in [2.24, 2.45) is 0 Å². The lowest BCUT2D eigenvalue weighted by Crippen LogP contribution is -2.49. The molecule has 1 N–H and O–H groups in total. The molecule has 1 heterocycles. The summed E-state index contributed by atoms with van der Waals surface area (Å²) in [4.78, 5) is 25.9. The molecule has 5 heteroatoms. The topological polar surface area (TPSA) is 52.7 Å². The van der Waals surface area contributed by atoms with Gasteiger partial charge in [0, 0.05) is 31.9 Å². The number of nitrogens with zero attached hydrogens (tertiary/aromatic N) is 2. The molecule has 3 amide bonds. The minimum Gasteiger partial charge on any atom is -0.342 e. The second-order valence-electron chi connectivity index (χ2n) is 4.42. The van der Waals surface area contributed by atoms with Crippen LogP contribution in [-0.2, 0) is 4.79 Å². The quantitative estimate of drug-likeness (QED) is 0.801. The van der Waals surface area contributed by atoms with Crippen molar-refractivity contribution in [3.8, 4) is 0 Å². The van der Waals surface area contributed by atoms with E-state index < -0.39 is 0 Å². The van der Waals surface area contributed by atoms with Gasteiger partial charge < -0.3 is 15.1 Å². The Bertz CT molecular complexity index is 422. The highest BCUT2D eigenvalue weighted by Gasteiger charge is 2.19. The molecule has 0 bridgehead atoms. The third-order valence-electron chi connectivity index (χ3n) is 3.05. The third-order valence-corrected chi connectivity index (χ3v) is 3.05. The number of anilines is 1. The Labute approximate surface area is 106 Å². The number of urea groups is 1. The van der Waals surface area contributed by atoms with Crippen LogP contribution in [0.2, 0.25) is 0 Å². The van der Waals surface area contributed by atoms with E-state index in [1.54, 1.807) is 9.80 Å². The Morgan fingerprint density at radius 3 is 2.33 bits per heavy atom. The fraction of sp³-hybridized carbons (Fsp3) is 0.385. The minimum atomic E-state index is -0.107. The zero-order valence-corrected chi connectivity index (χ0v) is 10.4. The standard InChI is InChI=1S/C13H17N3O2/c1-11-2-4-12(5-3-11)14-13(18)16-8-6-15(10-17)7-9-16/h2-5,10H,6-9H2,1H3,(H,14,18). The predicted octanol–water partition coefficient (Wildman–Crippen LogP) is 1.30. The fourth-order valence-corrected chi connectivity index (χ4v) is 1.87. The van der Waals surface area contributed by atoms with Gasteiger partial charge in [-0.05, 0) is 19.1 Å². The Morgan fingerprint density at radius 2 is 1.78 bits per heavy atom. The summed E-state index contributed by atoms with van der Waals surface area (Å²) in [5, 5.41) is 2.85. The van der Waals surface area contributed by atoms with Crippen molar-refractivity contribution in [2.45, 2.75) is 6.92 Å². The van der Waals surface area contributed by atoms with E-state index in [9.17, 15) is 9.59 Å². The van der Waals surface area contributed by atoms with E-state index in [-0.39, 0.29) is 6.03 Å². The van der Waals surface area contributed by atoms with Gasteiger partial charge in [0.15, 0.2) is 0 Å². The van der Waals surface area contributed by atoms with E-state index >= 15 is 0 Å². The first-order valence-corrected chi connectivity index (χ1v) is 6.01. The van der Waals surface area contributed by atoms with Gasteiger partial charge in [-0.2, -0.15) is 0 Å². The first-order chi connectivity index (χ1) is 8.69. The molecule has 0 aliphatic carbocycles. The number of benzene rings is 1. The summed E-state index contributed by atoms with van der Waals surface area (Å²) in [5.41, 5.74) is 1.95. The molecule has 5 nitrogen and oxygen atoms in total. The Hall–Kier alpha value is -2.04. The van der Waals surface area contributed by atoms with Crippen LogP contribution in [0.4, 0.5) is 10.5 Å². The lowest BCUT2D eigenvalue weighted by atomic mass is 10.2. The highest BCUT2D eigenvalue weighted by Crippen LogP contribution is 2.10. The molecule has 0 spiro atoms. The van der Waals surface area contributed by atoms with Crippen molar-refractivity contribution < 1.29 is 9.59 Å². The summed E-state index contributed by atoms with van der Waals surface area (Å²) in [6.07, 6.45) is 0.829. The lowest BCUT2D eigenvalue weighted by molar-refractivity contribution is -0.119. The van der Waals surface area contributed by atoms with E-state index in [1.807, 2.05) is 31.2 Å². The van der Waals surface area contributed by atoms with Gasteiger partial charge in [-0.1, -0.05) is 17.7 Å². The van der Waals surface area contributed by atoms with Gasteiger partial charge in [0.25, 0.3) is 0 Å². The zero-order valence-electron chi connectivity index (χ0n) is 10.4. The van der Waals surface area contributed by atoms with Crippen molar-refractivity contribution in [1.29, 1.82) is 0 Å². The van der Waals surface area contributed by atoms with E-state index in [0.717, 1.165) is 17.7 Å². The second-order valence-corrected chi connectivity index (χ2v) is 4.42. The van der Waals surface area contributed by atoms with Gasteiger partial charge in [0.2, 0.25) is 6.41 Å². The van der Waals surface area contributed by atoms with Crippen LogP contribution in [-0.4, -0.2) is 48.4 Å². The largest absolute Gasteiger partial charge is 0.342 e. The lowest BCUT2D eigenvalue weighted by Gasteiger charge is -2.32. The van der Waals surface area contributed by atoms with Crippen LogP contribution < -0.4 is 5.32 Å². The number of hydrogen-bond acceptors (Lipinski definition) is 2. The normalized spacial score (nSPS) is 15.4. The maximum absolute atomic E-state index is 12.0. The van der Waals surface area contributed by atoms with E-state index in [4.69, 9.17) is 0 Å². The molecule has 96 valence electrons. The molecule has 1 aliphatic rings. The van der Waals surface area contributed by atoms with Crippen molar-refractivity contribution in [3.63, 3.8) is 0 Å². The highest BCUT2D eigenvalue weighted by molar-refractivity contribution is 5.89. The molecule has 1 aromatic rings. The maximum Gasteiger partial charge on any atom is 0.321 e. The van der Waals surface area contributed by atoms with E-state index in [0.29, 0.717) is 26.2 Å². The molecule has 1 aromatic carbocycles. The zero-order chi connectivity index (χ0) is 13.0. The van der Waals surface area contributed by atoms with Crippen molar-refractivity contribution in [2.75, 3.05) is 31.5 Å². The van der Waals surface area contributed by atoms with Crippen molar-refractivity contribution >= 4 is 18.1 Å². The molecule has 1 saturated heterocycles. The molecule has 18 heavy (non-hydrogen) atoms. The van der Waals surface area contributed by atoms with Gasteiger partial charge in [-0.15, -0.1) is 0 Å². The smallest absolute Gasteiger partial charge is 0.321 e. The summed E-state index contributed by atoms with van der Waals surface area (Å²) in [6.45, 7) is 4.37. The number of amides is 3. The summed E-state index contributed by atoms with van der Waals surface area (Å²) in [5.74, 6) is 0. The van der Waals surface area contributed by atoms with E-state index in [2.05, 4.69) is 5.32 Å². The first kappa shape index (κ1) is 12.4. The number of nitrogens with one attached hydrogen (secondary N) is 1. The number of carbonyl (C=O) groups is 2. The minimum absolute atomic E-state index is 0.107. The summed E-state index contributed by atoms with van der Waals surface area (Å²) in [7, 11) is 0. The van der Waals surface area contributed by atoms with Crippen LogP contribution in [0.25, 0.3) is 0 Å². The molecule has 0 radical (unpaired) electrons. The Kier molecular flexibility index (Phi) is 3.82. The SMILES string of the molecule is Cc1ccc(NC(=O)N2CCN(C=O)CC2)cc1. The van der Waals surface area contributed by atoms with Crippen LogP contribution in [0.15, 0.2) is 24.3 Å². The number of aryl methyl sites for hydroxylation is 1. The van der Waals surface area contributed by atoms with Gasteiger partial charge in [0.05, 0.1) is 0 Å². The average molecular weight is 247 g/mol. The van der Waals surface area contributed by atoms with Gasteiger partial charge in [-0.3, -0.25) is 4.79 Å². The highest BCUT2D eigenvalue weighted by atomic mass is 16.2. The molecular formula is C13H17N3O2. The molecule has 1 fully saturated rings. The van der Waals surface area contributed by atoms with Crippen LogP contribution in [0, 0.1) is 6.92 Å². The van der Waals surface area contributed by atoms with Crippen LogP contribution >= 0.6 is 0 Å². The van der Waals surface area contributed by atoms with Gasteiger partial charge in [0.1, 0.15) is 0 Å². The molecular weight excluding hydrogens is 230 g/mol. The molecule has 0 aromatic heterocycles. The molecule has 0 saturated carbocycles. The number of piperazine rings is 1.